The lowest BCUT2D eigenvalue weighted by atomic mass is 10.0. The van der Waals surface area contributed by atoms with Gasteiger partial charge in [0.25, 0.3) is 0 Å². The Labute approximate surface area is 342 Å². The molecule has 0 bridgehead atoms. The predicted molar refractivity (Wildman–Crippen MR) is 221 cm³/mol. The van der Waals surface area contributed by atoms with Gasteiger partial charge in [0.05, 0.1) is 63.2 Å². The number of aryl methyl sites for hydroxylation is 3. The van der Waals surface area contributed by atoms with Gasteiger partial charge in [0.15, 0.2) is 0 Å². The normalized spacial score (nSPS) is 12.7. The van der Waals surface area contributed by atoms with Crippen LogP contribution in [-0.2, 0) is 36.5 Å². The molecule has 306 valence electrons. The molecule has 6 aromatic heterocycles. The summed E-state index contributed by atoms with van der Waals surface area (Å²) in [5.41, 5.74) is 5.23. The molecule has 15 nitrogen and oxygen atoms in total. The van der Waals surface area contributed by atoms with E-state index < -0.39 is 5.97 Å². The summed E-state index contributed by atoms with van der Waals surface area (Å²) in [6, 6.07) is 0. The van der Waals surface area contributed by atoms with E-state index in [1.54, 1.807) is 58.9 Å². The van der Waals surface area contributed by atoms with Gasteiger partial charge in [0.1, 0.15) is 31.0 Å². The summed E-state index contributed by atoms with van der Waals surface area (Å²) < 4.78 is 26.1. The standard InChI is InChI=1S/C14H18N2O3S.C13H16N2O3S.C12H14N2O3S/c1-5-10-16-12-11(8(3)18-4)9(14(17)19-6-2)7-15-13(12)20-10;1-5-18-13(16)9-6-14-12-11(15-8(3)19-12)10(9)7(2)17-4;1-4-8-14-10-9(6(2)17-3)7(12(15)16)5-13-11(10)18-8/h7-8H,5-6H2,1-4H3;6-7H,5H2,1-4H3;5-6H,4H2,1-3H3,(H,15,16). The molecule has 0 saturated heterocycles. The van der Waals surface area contributed by atoms with Gasteiger partial charge in [-0.15, -0.1) is 0 Å². The first-order valence-corrected chi connectivity index (χ1v) is 20.7. The number of hydrogen-bond donors (Lipinski definition) is 1. The van der Waals surface area contributed by atoms with E-state index in [9.17, 15) is 19.5 Å². The number of aromatic carboxylic acids is 1. The maximum Gasteiger partial charge on any atom is 0.340 e. The highest BCUT2D eigenvalue weighted by Crippen LogP contribution is 2.34. The van der Waals surface area contributed by atoms with E-state index in [1.807, 2.05) is 41.5 Å². The van der Waals surface area contributed by atoms with E-state index in [-0.39, 0.29) is 35.8 Å². The minimum absolute atomic E-state index is 0.157. The first kappa shape index (κ1) is 45.1. The number of nitrogens with zero attached hydrogens (tertiary/aromatic N) is 6. The predicted octanol–water partition coefficient (Wildman–Crippen LogP) is 8.68. The summed E-state index contributed by atoms with van der Waals surface area (Å²) in [6.45, 7) is 15.8. The Balaban J connectivity index is 0.000000190. The Morgan fingerprint density at radius 3 is 1.30 bits per heavy atom. The number of carboxylic acid groups (broad SMARTS) is 1. The van der Waals surface area contributed by atoms with E-state index in [0.717, 1.165) is 64.5 Å². The van der Waals surface area contributed by atoms with Gasteiger partial charge < -0.3 is 28.8 Å². The van der Waals surface area contributed by atoms with E-state index >= 15 is 0 Å². The number of ether oxygens (including phenoxy) is 5. The molecule has 0 aliphatic heterocycles. The molecule has 3 atom stereocenters. The summed E-state index contributed by atoms with van der Waals surface area (Å²) >= 11 is 4.53. The third kappa shape index (κ3) is 10.3. The smallest absolute Gasteiger partial charge is 0.340 e. The van der Waals surface area contributed by atoms with Crippen LogP contribution in [0.25, 0.3) is 31.0 Å². The van der Waals surface area contributed by atoms with Crippen LogP contribution in [0, 0.1) is 6.92 Å². The Morgan fingerprint density at radius 1 is 0.596 bits per heavy atom. The van der Waals surface area contributed by atoms with E-state index in [4.69, 9.17) is 23.7 Å². The summed E-state index contributed by atoms with van der Waals surface area (Å²) in [5.74, 6) is -1.78. The van der Waals surface area contributed by atoms with Crippen LogP contribution in [-0.4, -0.2) is 87.5 Å². The molecule has 0 fully saturated rings. The van der Waals surface area contributed by atoms with Crippen molar-refractivity contribution in [1.29, 1.82) is 0 Å². The highest BCUT2D eigenvalue weighted by atomic mass is 32.1. The number of carboxylic acids is 1. The summed E-state index contributed by atoms with van der Waals surface area (Å²) in [5, 5.41) is 12.1. The molecular formula is C39H48N6O9S3. The molecule has 3 unspecified atom stereocenters. The zero-order valence-corrected chi connectivity index (χ0v) is 36.4. The average molecular weight is 841 g/mol. The topological polar surface area (TPSA) is 195 Å². The SMILES string of the molecule is CCOC(=O)c1cnc2sc(C)nc2c1C(C)OC.CCOC(=O)c1cnc2sc(CC)nc2c1C(C)OC.CCc1nc2c(C(C)OC)c(C(=O)O)cnc2s1. The molecule has 0 spiro atoms. The van der Waals surface area contributed by atoms with Crippen LogP contribution >= 0.6 is 34.0 Å². The van der Waals surface area contributed by atoms with E-state index in [2.05, 4.69) is 29.9 Å². The number of esters is 2. The van der Waals surface area contributed by atoms with Crippen LogP contribution in [0.3, 0.4) is 0 Å². The second-order valence-electron chi connectivity index (χ2n) is 12.3. The van der Waals surface area contributed by atoms with Gasteiger partial charge in [0.2, 0.25) is 0 Å². The number of hydrogen-bond acceptors (Lipinski definition) is 17. The van der Waals surface area contributed by atoms with E-state index in [0.29, 0.717) is 35.4 Å². The van der Waals surface area contributed by atoms with Crippen LogP contribution in [0.4, 0.5) is 0 Å². The Bertz CT molecular complexity index is 2340. The third-order valence-electron chi connectivity index (χ3n) is 8.70. The van der Waals surface area contributed by atoms with Crippen molar-refractivity contribution in [3.05, 3.63) is 67.0 Å². The number of aromatic nitrogens is 6. The van der Waals surface area contributed by atoms with Crippen LogP contribution in [0.15, 0.2) is 18.6 Å². The summed E-state index contributed by atoms with van der Waals surface area (Å²) in [6.07, 6.45) is 5.33. The molecule has 0 amide bonds. The molecule has 18 heteroatoms. The van der Waals surface area contributed by atoms with Crippen molar-refractivity contribution in [3.63, 3.8) is 0 Å². The Kier molecular flexibility index (Phi) is 16.4. The number of carbonyl (C=O) groups is 3. The van der Waals surface area contributed by atoms with Gasteiger partial charge in [-0.2, -0.15) is 0 Å². The first-order valence-electron chi connectivity index (χ1n) is 18.3. The molecule has 6 rings (SSSR count). The molecule has 57 heavy (non-hydrogen) atoms. The molecule has 1 N–H and O–H groups in total. The zero-order valence-electron chi connectivity index (χ0n) is 33.9. The van der Waals surface area contributed by atoms with Crippen LogP contribution in [0.2, 0.25) is 0 Å². The quantitative estimate of drug-likeness (QED) is 0.108. The van der Waals surface area contributed by atoms with Crippen molar-refractivity contribution in [2.24, 2.45) is 0 Å². The minimum Gasteiger partial charge on any atom is -0.478 e. The molecular weight excluding hydrogens is 793 g/mol. The van der Waals surface area contributed by atoms with Crippen LogP contribution in [0.1, 0.15) is 130 Å². The largest absolute Gasteiger partial charge is 0.478 e. The number of pyridine rings is 3. The highest BCUT2D eigenvalue weighted by Gasteiger charge is 2.25. The number of methoxy groups -OCH3 is 3. The number of fused-ring (bicyclic) bond motifs is 3. The molecule has 0 saturated carbocycles. The van der Waals surface area contributed by atoms with Crippen molar-refractivity contribution < 1.29 is 43.2 Å². The molecule has 0 radical (unpaired) electrons. The zero-order chi connectivity index (χ0) is 42.0. The first-order chi connectivity index (χ1) is 27.3. The van der Waals surface area contributed by atoms with E-state index in [1.165, 1.54) is 28.9 Å². The molecule has 0 aliphatic carbocycles. The third-order valence-corrected chi connectivity index (χ3v) is 11.8. The van der Waals surface area contributed by atoms with Gasteiger partial charge in [-0.05, 0) is 54.4 Å². The van der Waals surface area contributed by atoms with Crippen LogP contribution < -0.4 is 0 Å². The lowest BCUT2D eigenvalue weighted by molar-refractivity contribution is 0.0506. The minimum atomic E-state index is -1.01. The average Bonchev–Trinajstić information content (AvgIpc) is 3.95. The Morgan fingerprint density at radius 2 is 0.947 bits per heavy atom. The molecule has 6 aromatic rings. The van der Waals surface area contributed by atoms with Gasteiger partial charge >= 0.3 is 17.9 Å². The lowest BCUT2D eigenvalue weighted by Crippen LogP contribution is -2.12. The fraction of sp³-hybridized carbons (Fsp3) is 0.462. The number of thiazole rings is 3. The second kappa shape index (κ2) is 20.7. The van der Waals surface area contributed by atoms with Crippen molar-refractivity contribution in [2.75, 3.05) is 34.5 Å². The van der Waals surface area contributed by atoms with Gasteiger partial charge in [-0.25, -0.2) is 44.3 Å². The second-order valence-corrected chi connectivity index (χ2v) is 15.6. The van der Waals surface area contributed by atoms with Crippen LogP contribution in [0.5, 0.6) is 0 Å². The number of rotatable bonds is 13. The maximum atomic E-state index is 12.1. The van der Waals surface area contributed by atoms with Crippen molar-refractivity contribution in [3.8, 4) is 0 Å². The van der Waals surface area contributed by atoms with Crippen molar-refractivity contribution in [1.82, 2.24) is 29.9 Å². The fourth-order valence-corrected chi connectivity index (χ4v) is 8.18. The maximum absolute atomic E-state index is 12.1. The molecule has 6 heterocycles. The lowest BCUT2D eigenvalue weighted by Gasteiger charge is -2.14. The summed E-state index contributed by atoms with van der Waals surface area (Å²) in [7, 11) is 4.76. The fourth-order valence-electron chi connectivity index (χ4n) is 5.68. The van der Waals surface area contributed by atoms with Crippen molar-refractivity contribution >= 4 is 83.0 Å². The van der Waals surface area contributed by atoms with Gasteiger partial charge in [0, 0.05) is 56.6 Å². The Hall–Kier alpha value is -4.59. The highest BCUT2D eigenvalue weighted by molar-refractivity contribution is 7.18. The van der Waals surface area contributed by atoms with Crippen molar-refractivity contribution in [2.45, 2.75) is 86.5 Å². The molecule has 0 aliphatic rings. The molecule has 0 aromatic carbocycles. The van der Waals surface area contributed by atoms with Gasteiger partial charge in [-0.3, -0.25) is 0 Å². The van der Waals surface area contributed by atoms with Gasteiger partial charge in [-0.1, -0.05) is 47.9 Å². The summed E-state index contributed by atoms with van der Waals surface area (Å²) in [4.78, 5) is 64.0. The number of carbonyl (C=O) groups excluding carboxylic acids is 2. The monoisotopic (exact) mass is 840 g/mol.